The average Bonchev–Trinajstić information content (AvgIpc) is 2.08. The molecule has 0 spiro atoms. The summed E-state index contributed by atoms with van der Waals surface area (Å²) in [6.07, 6.45) is 0. The summed E-state index contributed by atoms with van der Waals surface area (Å²) in [4.78, 5) is 10.3. The monoisotopic (exact) mass is 163 g/mol. The van der Waals surface area contributed by atoms with Gasteiger partial charge >= 0.3 is 0 Å². The third kappa shape index (κ3) is 1.52. The molecule has 1 aromatic rings. The zero-order chi connectivity index (χ0) is 9.14. The van der Waals surface area contributed by atoms with Crippen molar-refractivity contribution in [2.75, 3.05) is 0 Å². The Morgan fingerprint density at radius 3 is 2.58 bits per heavy atom. The lowest BCUT2D eigenvalue weighted by Gasteiger charge is -2.09. The van der Waals surface area contributed by atoms with Gasteiger partial charge in [0, 0.05) is 0 Å². The summed E-state index contributed by atoms with van der Waals surface area (Å²) < 4.78 is 0. The predicted molar refractivity (Wildman–Crippen MR) is 50.1 cm³/mol. The van der Waals surface area contributed by atoms with Crippen molar-refractivity contribution in [2.45, 2.75) is 26.8 Å². The van der Waals surface area contributed by atoms with Gasteiger partial charge in [0.15, 0.2) is 0 Å². The van der Waals surface area contributed by atoms with E-state index in [4.69, 9.17) is 0 Å². The Labute approximate surface area is 72.6 Å². The molecule has 0 aliphatic rings. The van der Waals surface area contributed by atoms with E-state index in [1.807, 2.05) is 39.0 Å². The first-order valence-corrected chi connectivity index (χ1v) is 4.05. The molecule has 0 heterocycles. The van der Waals surface area contributed by atoms with Crippen LogP contribution in [-0.2, 0) is 0 Å². The fourth-order valence-corrected chi connectivity index (χ4v) is 1.28. The fourth-order valence-electron chi connectivity index (χ4n) is 1.28. The standard InChI is InChI=1S/C10H13NO/c1-7-5-4-6-10(8(7)2)9(3)11-12/h4-6,9H,1-3H3. The number of rotatable bonds is 2. The predicted octanol–water partition coefficient (Wildman–Crippen LogP) is 3.13. The molecule has 0 bridgehead atoms. The van der Waals surface area contributed by atoms with Crippen LogP contribution in [0.15, 0.2) is 23.4 Å². The van der Waals surface area contributed by atoms with Gasteiger partial charge in [-0.2, -0.15) is 4.91 Å². The zero-order valence-corrected chi connectivity index (χ0v) is 7.66. The Hall–Kier alpha value is -1.18. The molecule has 0 saturated heterocycles. The molecule has 0 aromatic heterocycles. The van der Waals surface area contributed by atoms with Crippen molar-refractivity contribution in [3.8, 4) is 0 Å². The molecule has 1 atom stereocenters. The van der Waals surface area contributed by atoms with Gasteiger partial charge in [0.1, 0.15) is 6.04 Å². The molecule has 0 saturated carbocycles. The molecule has 1 rings (SSSR count). The van der Waals surface area contributed by atoms with Crippen LogP contribution >= 0.6 is 0 Å². The number of benzene rings is 1. The quantitative estimate of drug-likeness (QED) is 0.616. The van der Waals surface area contributed by atoms with Gasteiger partial charge in [0.05, 0.1) is 0 Å². The summed E-state index contributed by atoms with van der Waals surface area (Å²) in [7, 11) is 0. The van der Waals surface area contributed by atoms with Crippen molar-refractivity contribution in [2.24, 2.45) is 5.18 Å². The molecule has 2 heteroatoms. The van der Waals surface area contributed by atoms with Crippen LogP contribution in [0, 0.1) is 18.8 Å². The summed E-state index contributed by atoms with van der Waals surface area (Å²) >= 11 is 0. The Morgan fingerprint density at radius 1 is 1.33 bits per heavy atom. The van der Waals surface area contributed by atoms with Gasteiger partial charge in [0.25, 0.3) is 0 Å². The molecule has 0 fully saturated rings. The van der Waals surface area contributed by atoms with E-state index in [-0.39, 0.29) is 6.04 Å². The van der Waals surface area contributed by atoms with Crippen molar-refractivity contribution >= 4 is 0 Å². The lowest BCUT2D eigenvalue weighted by atomic mass is 9.99. The van der Waals surface area contributed by atoms with Gasteiger partial charge in [-0.1, -0.05) is 23.4 Å². The van der Waals surface area contributed by atoms with Crippen LogP contribution in [0.1, 0.15) is 29.7 Å². The molecule has 2 nitrogen and oxygen atoms in total. The molecule has 1 unspecified atom stereocenters. The average molecular weight is 163 g/mol. The third-order valence-corrected chi connectivity index (χ3v) is 2.25. The second kappa shape index (κ2) is 3.48. The van der Waals surface area contributed by atoms with Gasteiger partial charge in [-0.3, -0.25) is 0 Å². The van der Waals surface area contributed by atoms with Crippen molar-refractivity contribution in [1.82, 2.24) is 0 Å². The number of nitroso groups, excluding NO2 is 1. The maximum atomic E-state index is 10.3. The van der Waals surface area contributed by atoms with E-state index in [1.165, 1.54) is 11.1 Å². The van der Waals surface area contributed by atoms with Crippen LogP contribution in [0.5, 0.6) is 0 Å². The fraction of sp³-hybridized carbons (Fsp3) is 0.400. The first-order chi connectivity index (χ1) is 5.66. The maximum absolute atomic E-state index is 10.3. The second-order valence-electron chi connectivity index (χ2n) is 3.07. The van der Waals surface area contributed by atoms with Crippen LogP contribution in [0.3, 0.4) is 0 Å². The third-order valence-electron chi connectivity index (χ3n) is 2.25. The van der Waals surface area contributed by atoms with Crippen LogP contribution in [0.4, 0.5) is 0 Å². The molecule has 0 N–H and O–H groups in total. The van der Waals surface area contributed by atoms with Gasteiger partial charge in [-0.15, -0.1) is 0 Å². The van der Waals surface area contributed by atoms with E-state index in [2.05, 4.69) is 5.18 Å². The Morgan fingerprint density at radius 2 is 2.00 bits per heavy atom. The first-order valence-electron chi connectivity index (χ1n) is 4.05. The number of hydrogen-bond acceptors (Lipinski definition) is 2. The van der Waals surface area contributed by atoms with Gasteiger partial charge in [-0.25, -0.2) is 0 Å². The van der Waals surface area contributed by atoms with Crippen molar-refractivity contribution in [3.05, 3.63) is 39.8 Å². The Bertz CT molecular complexity index is 294. The van der Waals surface area contributed by atoms with E-state index in [1.54, 1.807) is 0 Å². The molecule has 0 radical (unpaired) electrons. The molecular formula is C10H13NO. The second-order valence-corrected chi connectivity index (χ2v) is 3.07. The van der Waals surface area contributed by atoms with Crippen molar-refractivity contribution in [3.63, 3.8) is 0 Å². The molecule has 0 aliphatic carbocycles. The maximum Gasteiger partial charge on any atom is 0.114 e. The highest BCUT2D eigenvalue weighted by Gasteiger charge is 2.08. The van der Waals surface area contributed by atoms with Gasteiger partial charge < -0.3 is 0 Å². The molecule has 1 aromatic carbocycles. The largest absolute Gasteiger partial charge is 0.150 e. The molecule has 12 heavy (non-hydrogen) atoms. The van der Waals surface area contributed by atoms with Crippen LogP contribution in [0.25, 0.3) is 0 Å². The minimum Gasteiger partial charge on any atom is -0.150 e. The van der Waals surface area contributed by atoms with Crippen LogP contribution in [0.2, 0.25) is 0 Å². The van der Waals surface area contributed by atoms with Crippen molar-refractivity contribution in [1.29, 1.82) is 0 Å². The summed E-state index contributed by atoms with van der Waals surface area (Å²) in [5.41, 5.74) is 3.41. The minimum absolute atomic E-state index is 0.232. The van der Waals surface area contributed by atoms with Gasteiger partial charge in [0.2, 0.25) is 0 Å². The van der Waals surface area contributed by atoms with Crippen molar-refractivity contribution < 1.29 is 0 Å². The van der Waals surface area contributed by atoms with E-state index in [0.717, 1.165) is 5.56 Å². The number of nitrogens with zero attached hydrogens (tertiary/aromatic N) is 1. The van der Waals surface area contributed by atoms with E-state index >= 15 is 0 Å². The Balaban J connectivity index is 3.15. The topological polar surface area (TPSA) is 29.4 Å². The van der Waals surface area contributed by atoms with E-state index < -0.39 is 0 Å². The highest BCUT2D eigenvalue weighted by molar-refractivity contribution is 5.34. The van der Waals surface area contributed by atoms with Crippen LogP contribution in [-0.4, -0.2) is 0 Å². The molecular weight excluding hydrogens is 150 g/mol. The first kappa shape index (κ1) is 8.91. The SMILES string of the molecule is Cc1cccc(C(C)N=O)c1C. The highest BCUT2D eigenvalue weighted by Crippen LogP contribution is 2.22. The zero-order valence-electron chi connectivity index (χ0n) is 7.66. The highest BCUT2D eigenvalue weighted by atomic mass is 16.3. The minimum atomic E-state index is -0.232. The lowest BCUT2D eigenvalue weighted by Crippen LogP contribution is -1.94. The van der Waals surface area contributed by atoms with Gasteiger partial charge in [-0.05, 0) is 37.5 Å². The summed E-state index contributed by atoms with van der Waals surface area (Å²) in [6.45, 7) is 5.87. The van der Waals surface area contributed by atoms with E-state index in [0.29, 0.717) is 0 Å². The molecule has 64 valence electrons. The number of hydrogen-bond donors (Lipinski definition) is 0. The molecule has 0 amide bonds. The molecule has 0 aliphatic heterocycles. The Kier molecular flexibility index (Phi) is 2.58. The summed E-state index contributed by atoms with van der Waals surface area (Å²) in [5, 5.41) is 3.01. The number of aryl methyl sites for hydroxylation is 1. The summed E-state index contributed by atoms with van der Waals surface area (Å²) in [5.74, 6) is 0. The normalized spacial score (nSPS) is 12.6. The summed E-state index contributed by atoms with van der Waals surface area (Å²) in [6, 6.07) is 5.72. The van der Waals surface area contributed by atoms with E-state index in [9.17, 15) is 4.91 Å². The smallest absolute Gasteiger partial charge is 0.114 e. The van der Waals surface area contributed by atoms with Crippen LogP contribution < -0.4 is 0 Å². The lowest BCUT2D eigenvalue weighted by molar-refractivity contribution is 0.801.